The number of likely N-dealkylation sites (tertiary alicyclic amines) is 1. The van der Waals surface area contributed by atoms with E-state index in [0.29, 0.717) is 25.4 Å². The third-order valence-corrected chi connectivity index (χ3v) is 6.80. The second-order valence-corrected chi connectivity index (χ2v) is 8.36. The molecule has 3 atom stereocenters. The Hall–Kier alpha value is -1.46. The SMILES string of the molecule is CC[C@@H]1CCCCN1C(=O)CN1[C@@H]2CC[C@@H]1CC(O)(c1ccccn1)C2. The molecule has 0 spiro atoms. The zero-order valence-electron chi connectivity index (χ0n) is 15.8. The lowest BCUT2D eigenvalue weighted by molar-refractivity contribution is -0.139. The van der Waals surface area contributed by atoms with Crippen LogP contribution in [0.15, 0.2) is 24.4 Å². The number of nitrogens with zero attached hydrogens (tertiary/aromatic N) is 3. The summed E-state index contributed by atoms with van der Waals surface area (Å²) in [4.78, 5) is 21.9. The maximum Gasteiger partial charge on any atom is 0.237 e. The number of aliphatic hydroxyl groups is 1. The van der Waals surface area contributed by atoms with Gasteiger partial charge in [-0.2, -0.15) is 0 Å². The van der Waals surface area contributed by atoms with E-state index in [9.17, 15) is 9.90 Å². The molecule has 0 saturated carbocycles. The van der Waals surface area contributed by atoms with E-state index in [1.807, 2.05) is 18.2 Å². The second kappa shape index (κ2) is 7.28. The van der Waals surface area contributed by atoms with E-state index in [1.165, 1.54) is 6.42 Å². The van der Waals surface area contributed by atoms with Gasteiger partial charge in [-0.05, 0) is 63.5 Å². The van der Waals surface area contributed by atoms with E-state index in [2.05, 4.69) is 21.7 Å². The summed E-state index contributed by atoms with van der Waals surface area (Å²) in [5.74, 6) is 0.289. The lowest BCUT2D eigenvalue weighted by atomic mass is 9.83. The lowest BCUT2D eigenvalue weighted by Crippen LogP contribution is -2.54. The van der Waals surface area contributed by atoms with Gasteiger partial charge in [0, 0.05) is 30.9 Å². The van der Waals surface area contributed by atoms with E-state index in [-0.39, 0.29) is 18.0 Å². The van der Waals surface area contributed by atoms with Crippen molar-refractivity contribution < 1.29 is 9.90 Å². The molecule has 3 fully saturated rings. The molecule has 3 aliphatic rings. The van der Waals surface area contributed by atoms with Gasteiger partial charge in [0.05, 0.1) is 12.2 Å². The van der Waals surface area contributed by atoms with Gasteiger partial charge in [0.2, 0.25) is 5.91 Å². The molecule has 0 unspecified atom stereocenters. The molecule has 0 aliphatic carbocycles. The number of amides is 1. The lowest BCUT2D eigenvalue weighted by Gasteiger charge is -2.44. The first-order chi connectivity index (χ1) is 12.6. The summed E-state index contributed by atoms with van der Waals surface area (Å²) < 4.78 is 0. The second-order valence-electron chi connectivity index (χ2n) is 8.36. The van der Waals surface area contributed by atoms with Crippen LogP contribution in [0.1, 0.15) is 64.0 Å². The standard InChI is InChI=1S/C21H31N3O2/c1-2-16-7-4-6-12-23(16)20(25)15-24-17-9-10-18(24)14-21(26,13-17)19-8-3-5-11-22-19/h3,5,8,11,16-18,26H,2,4,6-7,9-10,12-15H2,1H3/t16-,17-,18-/m1/s1. The van der Waals surface area contributed by atoms with Crippen molar-refractivity contribution in [3.05, 3.63) is 30.1 Å². The number of hydrogen-bond acceptors (Lipinski definition) is 4. The predicted octanol–water partition coefficient (Wildman–Crippen LogP) is 2.69. The number of carbonyl (C=O) groups excluding carboxylic acids is 1. The number of fused-ring (bicyclic) bond motifs is 2. The molecular weight excluding hydrogens is 326 g/mol. The van der Waals surface area contributed by atoms with E-state index in [4.69, 9.17) is 0 Å². The Kier molecular flexibility index (Phi) is 5.02. The molecule has 5 heteroatoms. The molecule has 1 amide bonds. The molecule has 0 radical (unpaired) electrons. The van der Waals surface area contributed by atoms with Gasteiger partial charge in [0.25, 0.3) is 0 Å². The van der Waals surface area contributed by atoms with E-state index >= 15 is 0 Å². The van der Waals surface area contributed by atoms with Crippen molar-refractivity contribution in [2.75, 3.05) is 13.1 Å². The van der Waals surface area contributed by atoms with Gasteiger partial charge in [-0.1, -0.05) is 13.0 Å². The Morgan fingerprint density at radius 3 is 2.65 bits per heavy atom. The highest BCUT2D eigenvalue weighted by Crippen LogP contribution is 2.45. The van der Waals surface area contributed by atoms with Crippen LogP contribution in [0.4, 0.5) is 0 Å². The van der Waals surface area contributed by atoms with Gasteiger partial charge in [-0.15, -0.1) is 0 Å². The van der Waals surface area contributed by atoms with E-state index in [0.717, 1.165) is 44.3 Å². The van der Waals surface area contributed by atoms with Crippen LogP contribution in [0.3, 0.4) is 0 Å². The largest absolute Gasteiger partial charge is 0.383 e. The van der Waals surface area contributed by atoms with E-state index in [1.54, 1.807) is 6.20 Å². The van der Waals surface area contributed by atoms with Crippen molar-refractivity contribution >= 4 is 5.91 Å². The number of hydrogen-bond donors (Lipinski definition) is 1. The topological polar surface area (TPSA) is 56.7 Å². The summed E-state index contributed by atoms with van der Waals surface area (Å²) in [5, 5.41) is 11.2. The maximum atomic E-state index is 13.0. The fraction of sp³-hybridized carbons (Fsp3) is 0.714. The zero-order chi connectivity index (χ0) is 18.1. The summed E-state index contributed by atoms with van der Waals surface area (Å²) in [6.45, 7) is 3.62. The minimum atomic E-state index is -0.844. The number of piperidine rings is 2. The van der Waals surface area contributed by atoms with Crippen molar-refractivity contribution in [1.29, 1.82) is 0 Å². The number of aromatic nitrogens is 1. The molecule has 2 bridgehead atoms. The van der Waals surface area contributed by atoms with Crippen LogP contribution in [-0.4, -0.2) is 57.0 Å². The van der Waals surface area contributed by atoms with Crippen LogP contribution < -0.4 is 0 Å². The highest BCUT2D eigenvalue weighted by Gasteiger charge is 2.49. The van der Waals surface area contributed by atoms with Crippen molar-refractivity contribution in [3.8, 4) is 0 Å². The molecule has 4 heterocycles. The normalized spacial score (nSPS) is 34.8. The molecule has 142 valence electrons. The summed E-state index contributed by atoms with van der Waals surface area (Å²) >= 11 is 0. The molecule has 1 aromatic rings. The molecular formula is C21H31N3O2. The highest BCUT2D eigenvalue weighted by atomic mass is 16.3. The van der Waals surface area contributed by atoms with Gasteiger partial charge >= 0.3 is 0 Å². The molecule has 26 heavy (non-hydrogen) atoms. The molecule has 3 aliphatic heterocycles. The third kappa shape index (κ3) is 3.27. The van der Waals surface area contributed by atoms with Gasteiger partial charge in [0.1, 0.15) is 5.60 Å². The van der Waals surface area contributed by atoms with Crippen LogP contribution in [0.2, 0.25) is 0 Å². The Labute approximate surface area is 156 Å². The van der Waals surface area contributed by atoms with Crippen LogP contribution in [-0.2, 0) is 10.4 Å². The number of rotatable bonds is 4. The third-order valence-electron chi connectivity index (χ3n) is 6.80. The zero-order valence-corrected chi connectivity index (χ0v) is 15.8. The quantitative estimate of drug-likeness (QED) is 0.900. The van der Waals surface area contributed by atoms with Crippen molar-refractivity contribution in [3.63, 3.8) is 0 Å². The minimum absolute atomic E-state index is 0.287. The molecule has 1 N–H and O–H groups in total. The Balaban J connectivity index is 1.44. The maximum absolute atomic E-state index is 13.0. The number of pyridine rings is 1. The molecule has 5 nitrogen and oxygen atoms in total. The predicted molar refractivity (Wildman–Crippen MR) is 101 cm³/mol. The van der Waals surface area contributed by atoms with Crippen LogP contribution in [0.5, 0.6) is 0 Å². The van der Waals surface area contributed by atoms with Gasteiger partial charge < -0.3 is 10.0 Å². The summed E-state index contributed by atoms with van der Waals surface area (Å²) in [6.07, 6.45) is 9.85. The van der Waals surface area contributed by atoms with Crippen LogP contribution in [0.25, 0.3) is 0 Å². The molecule has 3 saturated heterocycles. The fourth-order valence-electron chi connectivity index (χ4n) is 5.42. The molecule has 1 aromatic heterocycles. The first kappa shape index (κ1) is 17.9. The first-order valence-corrected chi connectivity index (χ1v) is 10.3. The van der Waals surface area contributed by atoms with Gasteiger partial charge in [-0.3, -0.25) is 14.7 Å². The minimum Gasteiger partial charge on any atom is -0.383 e. The van der Waals surface area contributed by atoms with Crippen LogP contribution >= 0.6 is 0 Å². The summed E-state index contributed by atoms with van der Waals surface area (Å²) in [5.41, 5.74) is -0.0612. The van der Waals surface area contributed by atoms with Crippen LogP contribution in [0, 0.1) is 0 Å². The fourth-order valence-corrected chi connectivity index (χ4v) is 5.42. The van der Waals surface area contributed by atoms with Crippen molar-refractivity contribution in [2.24, 2.45) is 0 Å². The average molecular weight is 357 g/mol. The smallest absolute Gasteiger partial charge is 0.237 e. The van der Waals surface area contributed by atoms with Gasteiger partial charge in [0.15, 0.2) is 0 Å². The van der Waals surface area contributed by atoms with Crippen molar-refractivity contribution in [1.82, 2.24) is 14.8 Å². The molecule has 4 rings (SSSR count). The Morgan fingerprint density at radius 2 is 2.00 bits per heavy atom. The van der Waals surface area contributed by atoms with Gasteiger partial charge in [-0.25, -0.2) is 0 Å². The molecule has 0 aromatic carbocycles. The summed E-state index contributed by atoms with van der Waals surface area (Å²) in [7, 11) is 0. The highest BCUT2D eigenvalue weighted by molar-refractivity contribution is 5.79. The summed E-state index contributed by atoms with van der Waals surface area (Å²) in [6, 6.07) is 6.75. The monoisotopic (exact) mass is 357 g/mol. The van der Waals surface area contributed by atoms with Crippen molar-refractivity contribution in [2.45, 2.75) is 82.0 Å². The Morgan fingerprint density at radius 1 is 1.23 bits per heavy atom. The first-order valence-electron chi connectivity index (χ1n) is 10.3. The number of carbonyl (C=O) groups is 1. The average Bonchev–Trinajstić information content (AvgIpc) is 2.92. The van der Waals surface area contributed by atoms with E-state index < -0.39 is 5.60 Å². The Bertz CT molecular complexity index is 621.